The van der Waals surface area contributed by atoms with Crippen LogP contribution < -0.4 is 24.8 Å². The fourth-order valence-electron chi connectivity index (χ4n) is 2.58. The van der Waals surface area contributed by atoms with Crippen LogP contribution in [0.3, 0.4) is 0 Å². The van der Waals surface area contributed by atoms with Gasteiger partial charge in [-0.2, -0.15) is 0 Å². The Bertz CT molecular complexity index is 746. The van der Waals surface area contributed by atoms with Crippen molar-refractivity contribution in [2.75, 3.05) is 25.3 Å². The van der Waals surface area contributed by atoms with Crippen molar-refractivity contribution in [1.29, 1.82) is 0 Å². The van der Waals surface area contributed by atoms with E-state index in [2.05, 4.69) is 24.5 Å². The van der Waals surface area contributed by atoms with Crippen LogP contribution in [0.25, 0.3) is 0 Å². The van der Waals surface area contributed by atoms with Gasteiger partial charge in [0.1, 0.15) is 12.4 Å². The minimum Gasteiger partial charge on any atom is -0.492 e. The molecule has 0 saturated heterocycles. The van der Waals surface area contributed by atoms with Crippen molar-refractivity contribution < 1.29 is 19.0 Å². The number of carbonyl (C=O) groups excluding carboxylic acids is 1. The standard InChI is InChI=1S/C19H22N2O4/c1-13(2)15-5-3-4-6-16(15)21-19(22)20-9-10-23-14-7-8-17-18(11-14)25-12-24-17/h3-8,11,13H,9-10,12H2,1-2H3,(H2,20,21,22). The SMILES string of the molecule is CC(C)c1ccccc1NC(=O)NCCOc1ccc2c(c1)OCO2. The van der Waals surface area contributed by atoms with Crippen LogP contribution in [0.5, 0.6) is 17.2 Å². The normalized spacial score (nSPS) is 12.1. The van der Waals surface area contributed by atoms with E-state index < -0.39 is 0 Å². The third kappa shape index (κ3) is 4.35. The average Bonchev–Trinajstić information content (AvgIpc) is 3.07. The van der Waals surface area contributed by atoms with Crippen molar-refractivity contribution in [1.82, 2.24) is 5.32 Å². The summed E-state index contributed by atoms with van der Waals surface area (Å²) in [6.45, 7) is 5.18. The van der Waals surface area contributed by atoms with Crippen molar-refractivity contribution in [3.8, 4) is 17.2 Å². The number of carbonyl (C=O) groups is 1. The van der Waals surface area contributed by atoms with Crippen molar-refractivity contribution in [2.24, 2.45) is 0 Å². The number of anilines is 1. The Hall–Kier alpha value is -2.89. The van der Waals surface area contributed by atoms with Crippen LogP contribution in [0.2, 0.25) is 0 Å². The van der Waals surface area contributed by atoms with Crippen LogP contribution >= 0.6 is 0 Å². The predicted molar refractivity (Wildman–Crippen MR) is 95.6 cm³/mol. The summed E-state index contributed by atoms with van der Waals surface area (Å²) in [4.78, 5) is 12.0. The summed E-state index contributed by atoms with van der Waals surface area (Å²) in [5.74, 6) is 2.41. The number of para-hydroxylation sites is 1. The number of nitrogens with one attached hydrogen (secondary N) is 2. The Morgan fingerprint density at radius 2 is 1.96 bits per heavy atom. The Kier molecular flexibility index (Phi) is 5.28. The second-order valence-corrected chi connectivity index (χ2v) is 5.99. The summed E-state index contributed by atoms with van der Waals surface area (Å²) >= 11 is 0. The third-order valence-electron chi connectivity index (χ3n) is 3.83. The molecule has 0 spiro atoms. The molecule has 2 aromatic carbocycles. The van der Waals surface area contributed by atoms with Gasteiger partial charge in [-0.05, 0) is 29.7 Å². The molecule has 0 aliphatic carbocycles. The van der Waals surface area contributed by atoms with E-state index in [4.69, 9.17) is 14.2 Å². The van der Waals surface area contributed by atoms with E-state index in [9.17, 15) is 4.79 Å². The average molecular weight is 342 g/mol. The van der Waals surface area contributed by atoms with Crippen molar-refractivity contribution in [3.63, 3.8) is 0 Å². The lowest BCUT2D eigenvalue weighted by Gasteiger charge is -2.14. The molecule has 6 nitrogen and oxygen atoms in total. The number of ether oxygens (including phenoxy) is 3. The van der Waals surface area contributed by atoms with E-state index in [0.717, 1.165) is 11.3 Å². The number of urea groups is 1. The van der Waals surface area contributed by atoms with Gasteiger partial charge in [-0.1, -0.05) is 32.0 Å². The Labute approximate surface area is 147 Å². The second kappa shape index (κ2) is 7.79. The Morgan fingerprint density at radius 1 is 1.16 bits per heavy atom. The molecule has 0 aromatic heterocycles. The smallest absolute Gasteiger partial charge is 0.319 e. The summed E-state index contributed by atoms with van der Waals surface area (Å²) in [5.41, 5.74) is 1.93. The van der Waals surface area contributed by atoms with Crippen molar-refractivity contribution >= 4 is 11.7 Å². The van der Waals surface area contributed by atoms with Crippen LogP contribution in [0, 0.1) is 0 Å². The van der Waals surface area contributed by atoms with Gasteiger partial charge < -0.3 is 24.8 Å². The first kappa shape index (κ1) is 17.0. The van der Waals surface area contributed by atoms with Crippen molar-refractivity contribution in [2.45, 2.75) is 19.8 Å². The van der Waals surface area contributed by atoms with Crippen LogP contribution in [-0.2, 0) is 0 Å². The van der Waals surface area contributed by atoms with Gasteiger partial charge in [0.15, 0.2) is 11.5 Å². The molecular weight excluding hydrogens is 320 g/mol. The van der Waals surface area contributed by atoms with Gasteiger partial charge in [-0.3, -0.25) is 0 Å². The molecule has 2 aromatic rings. The van der Waals surface area contributed by atoms with Crippen LogP contribution in [0.1, 0.15) is 25.3 Å². The molecule has 132 valence electrons. The zero-order valence-corrected chi connectivity index (χ0v) is 14.4. The zero-order valence-electron chi connectivity index (χ0n) is 14.4. The quantitative estimate of drug-likeness (QED) is 0.785. The van der Waals surface area contributed by atoms with E-state index in [1.54, 1.807) is 12.1 Å². The molecule has 1 aliphatic rings. The van der Waals surface area contributed by atoms with Crippen LogP contribution in [0.4, 0.5) is 10.5 Å². The van der Waals surface area contributed by atoms with Crippen LogP contribution in [0.15, 0.2) is 42.5 Å². The highest BCUT2D eigenvalue weighted by atomic mass is 16.7. The molecule has 0 atom stereocenters. The molecular formula is C19H22N2O4. The summed E-state index contributed by atoms with van der Waals surface area (Å²) in [5, 5.41) is 5.67. The molecule has 0 saturated carbocycles. The molecule has 2 N–H and O–H groups in total. The number of rotatable bonds is 6. The first-order valence-electron chi connectivity index (χ1n) is 8.29. The lowest BCUT2D eigenvalue weighted by atomic mass is 10.0. The first-order valence-corrected chi connectivity index (χ1v) is 8.29. The Balaban J connectivity index is 1.44. The minimum atomic E-state index is -0.248. The molecule has 6 heteroatoms. The second-order valence-electron chi connectivity index (χ2n) is 5.99. The van der Waals surface area contributed by atoms with Crippen LogP contribution in [-0.4, -0.2) is 26.0 Å². The molecule has 1 heterocycles. The maximum atomic E-state index is 12.0. The van der Waals surface area contributed by atoms with Gasteiger partial charge in [0.05, 0.1) is 6.54 Å². The lowest BCUT2D eigenvalue weighted by molar-refractivity contribution is 0.173. The van der Waals surface area contributed by atoms with E-state index in [0.29, 0.717) is 36.3 Å². The van der Waals surface area contributed by atoms with E-state index in [1.165, 1.54) is 0 Å². The lowest BCUT2D eigenvalue weighted by Crippen LogP contribution is -2.32. The number of benzene rings is 2. The fourth-order valence-corrected chi connectivity index (χ4v) is 2.58. The molecule has 0 radical (unpaired) electrons. The molecule has 1 aliphatic heterocycles. The minimum absolute atomic E-state index is 0.234. The predicted octanol–water partition coefficient (Wildman–Crippen LogP) is 3.74. The van der Waals surface area contributed by atoms with E-state index in [1.807, 2.05) is 30.3 Å². The number of fused-ring (bicyclic) bond motifs is 1. The molecule has 0 unspecified atom stereocenters. The van der Waals surface area contributed by atoms with Gasteiger partial charge in [-0.25, -0.2) is 4.79 Å². The highest BCUT2D eigenvalue weighted by molar-refractivity contribution is 5.90. The molecule has 0 bridgehead atoms. The maximum absolute atomic E-state index is 12.0. The molecule has 0 fully saturated rings. The number of hydrogen-bond donors (Lipinski definition) is 2. The summed E-state index contributed by atoms with van der Waals surface area (Å²) in [7, 11) is 0. The van der Waals surface area contributed by atoms with Gasteiger partial charge >= 0.3 is 6.03 Å². The van der Waals surface area contributed by atoms with Gasteiger partial charge in [0.25, 0.3) is 0 Å². The summed E-state index contributed by atoms with van der Waals surface area (Å²) < 4.78 is 16.2. The summed E-state index contributed by atoms with van der Waals surface area (Å²) in [6, 6.07) is 12.9. The number of hydrogen-bond acceptors (Lipinski definition) is 4. The summed E-state index contributed by atoms with van der Waals surface area (Å²) in [6.07, 6.45) is 0. The topological polar surface area (TPSA) is 68.8 Å². The van der Waals surface area contributed by atoms with E-state index >= 15 is 0 Å². The largest absolute Gasteiger partial charge is 0.492 e. The number of amides is 2. The maximum Gasteiger partial charge on any atom is 0.319 e. The molecule has 2 amide bonds. The Morgan fingerprint density at radius 3 is 2.80 bits per heavy atom. The molecule has 3 rings (SSSR count). The highest BCUT2D eigenvalue weighted by Gasteiger charge is 2.13. The van der Waals surface area contributed by atoms with Gasteiger partial charge in [0.2, 0.25) is 6.79 Å². The third-order valence-corrected chi connectivity index (χ3v) is 3.83. The fraction of sp³-hybridized carbons (Fsp3) is 0.316. The van der Waals surface area contributed by atoms with E-state index in [-0.39, 0.29) is 12.8 Å². The molecule has 25 heavy (non-hydrogen) atoms. The van der Waals surface area contributed by atoms with Gasteiger partial charge in [-0.15, -0.1) is 0 Å². The van der Waals surface area contributed by atoms with Gasteiger partial charge in [0, 0.05) is 11.8 Å². The highest BCUT2D eigenvalue weighted by Crippen LogP contribution is 2.35. The zero-order chi connectivity index (χ0) is 17.6. The first-order chi connectivity index (χ1) is 12.1. The van der Waals surface area contributed by atoms with Crippen molar-refractivity contribution in [3.05, 3.63) is 48.0 Å². The monoisotopic (exact) mass is 342 g/mol.